The fourth-order valence-corrected chi connectivity index (χ4v) is 2.77. The number of para-hydroxylation sites is 1. The van der Waals surface area contributed by atoms with Gasteiger partial charge in [0.25, 0.3) is 0 Å². The number of amides is 1. The maximum atomic E-state index is 12.6. The average molecular weight is 288 g/mol. The Kier molecular flexibility index (Phi) is 4.22. The second-order valence-electron chi connectivity index (χ2n) is 5.33. The van der Waals surface area contributed by atoms with Crippen LogP contribution in [0.15, 0.2) is 34.9 Å². The lowest BCUT2D eigenvalue weighted by Crippen LogP contribution is -2.45. The molecule has 0 spiro atoms. The minimum atomic E-state index is -0.205. The summed E-state index contributed by atoms with van der Waals surface area (Å²) in [6.45, 7) is 2.87. The Balaban J connectivity index is 1.76. The van der Waals surface area contributed by atoms with Gasteiger partial charge in [-0.15, -0.1) is 0 Å². The van der Waals surface area contributed by atoms with Crippen molar-refractivity contribution in [3.8, 4) is 0 Å². The zero-order valence-electron chi connectivity index (χ0n) is 12.0. The van der Waals surface area contributed by atoms with E-state index in [0.29, 0.717) is 39.3 Å². The number of hydrogen-bond acceptors (Lipinski definition) is 4. The van der Waals surface area contributed by atoms with Crippen molar-refractivity contribution in [2.75, 3.05) is 32.8 Å². The van der Waals surface area contributed by atoms with Crippen molar-refractivity contribution in [2.45, 2.75) is 6.42 Å². The van der Waals surface area contributed by atoms with Gasteiger partial charge in [0.1, 0.15) is 5.58 Å². The normalized spacial score (nSPS) is 17.1. The molecule has 1 saturated heterocycles. The number of morpholine rings is 1. The first kappa shape index (κ1) is 14.1. The number of ether oxygens (including phenoxy) is 1. The molecule has 1 aromatic heterocycles. The largest absolute Gasteiger partial charge is 0.464 e. The SMILES string of the molecule is NCC(Cc1coc2ccccc12)C(=O)N1CCOCC1. The highest BCUT2D eigenvalue weighted by Crippen LogP contribution is 2.23. The molecule has 0 bridgehead atoms. The van der Waals surface area contributed by atoms with Crippen LogP contribution in [-0.4, -0.2) is 43.7 Å². The molecule has 0 radical (unpaired) electrons. The molecule has 112 valence electrons. The van der Waals surface area contributed by atoms with E-state index in [1.807, 2.05) is 29.2 Å². The standard InChI is InChI=1S/C16H20N2O3/c17-10-12(16(19)18-5-7-20-8-6-18)9-13-11-21-15-4-2-1-3-14(13)15/h1-4,11-12H,5-10,17H2. The highest BCUT2D eigenvalue weighted by Gasteiger charge is 2.25. The van der Waals surface area contributed by atoms with Crippen molar-refractivity contribution in [2.24, 2.45) is 11.7 Å². The van der Waals surface area contributed by atoms with Crippen LogP contribution in [0.4, 0.5) is 0 Å². The molecule has 1 aliphatic heterocycles. The van der Waals surface area contributed by atoms with Gasteiger partial charge in [0.15, 0.2) is 0 Å². The quantitative estimate of drug-likeness (QED) is 0.923. The maximum Gasteiger partial charge on any atom is 0.227 e. The van der Waals surface area contributed by atoms with Crippen LogP contribution in [0.1, 0.15) is 5.56 Å². The fourth-order valence-electron chi connectivity index (χ4n) is 2.77. The Morgan fingerprint density at radius 1 is 1.29 bits per heavy atom. The summed E-state index contributed by atoms with van der Waals surface area (Å²) in [7, 11) is 0. The van der Waals surface area contributed by atoms with Crippen molar-refractivity contribution in [3.63, 3.8) is 0 Å². The average Bonchev–Trinajstić information content (AvgIpc) is 2.96. The Morgan fingerprint density at radius 2 is 2.05 bits per heavy atom. The topological polar surface area (TPSA) is 68.7 Å². The van der Waals surface area contributed by atoms with E-state index < -0.39 is 0 Å². The first-order valence-corrected chi connectivity index (χ1v) is 7.31. The number of carbonyl (C=O) groups is 1. The van der Waals surface area contributed by atoms with Gasteiger partial charge in [-0.3, -0.25) is 4.79 Å². The first-order chi connectivity index (χ1) is 10.3. The van der Waals surface area contributed by atoms with Gasteiger partial charge >= 0.3 is 0 Å². The van der Waals surface area contributed by atoms with Crippen LogP contribution in [0.2, 0.25) is 0 Å². The number of hydrogen-bond donors (Lipinski definition) is 1. The van der Waals surface area contributed by atoms with Crippen molar-refractivity contribution < 1.29 is 13.9 Å². The van der Waals surface area contributed by atoms with E-state index in [9.17, 15) is 4.79 Å². The van der Waals surface area contributed by atoms with Gasteiger partial charge in [-0.05, 0) is 18.1 Å². The third kappa shape index (κ3) is 2.94. The summed E-state index contributed by atoms with van der Waals surface area (Å²) in [5, 5.41) is 1.06. The number of nitrogens with zero attached hydrogens (tertiary/aromatic N) is 1. The highest BCUT2D eigenvalue weighted by atomic mass is 16.5. The monoisotopic (exact) mass is 288 g/mol. The molecule has 1 aromatic carbocycles. The molecule has 1 atom stereocenters. The van der Waals surface area contributed by atoms with E-state index in [2.05, 4.69) is 0 Å². The van der Waals surface area contributed by atoms with E-state index >= 15 is 0 Å². The summed E-state index contributed by atoms with van der Waals surface area (Å²) < 4.78 is 10.8. The predicted octanol–water partition coefficient (Wildman–Crippen LogP) is 1.41. The number of benzene rings is 1. The number of fused-ring (bicyclic) bond motifs is 1. The third-order valence-electron chi connectivity index (χ3n) is 3.98. The van der Waals surface area contributed by atoms with Crippen LogP contribution in [0.25, 0.3) is 11.0 Å². The van der Waals surface area contributed by atoms with Gasteiger partial charge in [0, 0.05) is 25.0 Å². The summed E-state index contributed by atoms with van der Waals surface area (Å²) in [6.07, 6.45) is 2.35. The molecule has 0 aliphatic carbocycles. The van der Waals surface area contributed by atoms with Crippen LogP contribution >= 0.6 is 0 Å². The smallest absolute Gasteiger partial charge is 0.227 e. The molecule has 5 nitrogen and oxygen atoms in total. The summed E-state index contributed by atoms with van der Waals surface area (Å²) in [5.74, 6) is -0.0878. The number of nitrogens with two attached hydrogens (primary N) is 1. The molecule has 0 saturated carbocycles. The zero-order valence-corrected chi connectivity index (χ0v) is 12.0. The van der Waals surface area contributed by atoms with Crippen LogP contribution < -0.4 is 5.73 Å². The minimum Gasteiger partial charge on any atom is -0.464 e. The molecule has 2 aromatic rings. The molecule has 1 fully saturated rings. The summed E-state index contributed by atoms with van der Waals surface area (Å²) >= 11 is 0. The summed E-state index contributed by atoms with van der Waals surface area (Å²) in [5.41, 5.74) is 7.72. The van der Waals surface area contributed by atoms with Gasteiger partial charge < -0.3 is 19.8 Å². The lowest BCUT2D eigenvalue weighted by molar-refractivity contribution is -0.139. The van der Waals surface area contributed by atoms with E-state index in [-0.39, 0.29) is 11.8 Å². The van der Waals surface area contributed by atoms with E-state index in [1.165, 1.54) is 0 Å². The van der Waals surface area contributed by atoms with Gasteiger partial charge in [-0.25, -0.2) is 0 Å². The Hall–Kier alpha value is -1.85. The Labute approximate surface area is 123 Å². The van der Waals surface area contributed by atoms with Gasteiger partial charge in [0.2, 0.25) is 5.91 Å². The van der Waals surface area contributed by atoms with Crippen LogP contribution in [0.5, 0.6) is 0 Å². The zero-order chi connectivity index (χ0) is 14.7. The van der Waals surface area contributed by atoms with Crippen molar-refractivity contribution in [1.82, 2.24) is 4.90 Å². The van der Waals surface area contributed by atoms with E-state index in [0.717, 1.165) is 16.5 Å². The summed E-state index contributed by atoms with van der Waals surface area (Å²) in [4.78, 5) is 14.4. The fraction of sp³-hybridized carbons (Fsp3) is 0.438. The second-order valence-corrected chi connectivity index (χ2v) is 5.33. The molecule has 1 unspecified atom stereocenters. The van der Waals surface area contributed by atoms with Gasteiger partial charge in [-0.1, -0.05) is 18.2 Å². The van der Waals surface area contributed by atoms with Crippen molar-refractivity contribution >= 4 is 16.9 Å². The van der Waals surface area contributed by atoms with E-state index in [4.69, 9.17) is 14.9 Å². The van der Waals surface area contributed by atoms with Crippen LogP contribution in [0.3, 0.4) is 0 Å². The summed E-state index contributed by atoms with van der Waals surface area (Å²) in [6, 6.07) is 7.86. The Morgan fingerprint density at radius 3 is 2.81 bits per heavy atom. The van der Waals surface area contributed by atoms with Crippen molar-refractivity contribution in [3.05, 3.63) is 36.1 Å². The molecule has 21 heavy (non-hydrogen) atoms. The molecule has 1 aliphatic rings. The highest BCUT2D eigenvalue weighted by molar-refractivity contribution is 5.83. The number of rotatable bonds is 4. The molecule has 2 heterocycles. The van der Waals surface area contributed by atoms with Gasteiger partial charge in [-0.2, -0.15) is 0 Å². The second kappa shape index (κ2) is 6.28. The van der Waals surface area contributed by atoms with Crippen LogP contribution in [-0.2, 0) is 16.0 Å². The Bertz CT molecular complexity index is 617. The number of furan rings is 1. The van der Waals surface area contributed by atoms with Gasteiger partial charge in [0.05, 0.1) is 25.4 Å². The molecule has 1 amide bonds. The molecular weight excluding hydrogens is 268 g/mol. The molecule has 2 N–H and O–H groups in total. The molecular formula is C16H20N2O3. The lowest BCUT2D eigenvalue weighted by atomic mass is 9.97. The third-order valence-corrected chi connectivity index (χ3v) is 3.98. The molecule has 3 rings (SSSR count). The van der Waals surface area contributed by atoms with Crippen LogP contribution in [0, 0.1) is 5.92 Å². The van der Waals surface area contributed by atoms with Crippen molar-refractivity contribution in [1.29, 1.82) is 0 Å². The first-order valence-electron chi connectivity index (χ1n) is 7.31. The maximum absolute atomic E-state index is 12.6. The number of carbonyl (C=O) groups excluding carboxylic acids is 1. The van der Waals surface area contributed by atoms with E-state index in [1.54, 1.807) is 6.26 Å². The lowest BCUT2D eigenvalue weighted by Gasteiger charge is -2.30. The predicted molar refractivity (Wildman–Crippen MR) is 79.9 cm³/mol. The minimum absolute atomic E-state index is 0.117. The molecule has 5 heteroatoms.